The predicted molar refractivity (Wildman–Crippen MR) is 139 cm³/mol. The highest BCUT2D eigenvalue weighted by Gasteiger charge is 2.38. The number of hydrogen-bond donors (Lipinski definition) is 0. The maximum Gasteiger partial charge on any atom is 0.191 e. The third kappa shape index (κ3) is 4.62. The Morgan fingerprint density at radius 1 is 1.12 bits per heavy atom. The second-order valence-corrected chi connectivity index (χ2v) is 9.97. The van der Waals surface area contributed by atoms with Gasteiger partial charge in [0.1, 0.15) is 5.75 Å². The van der Waals surface area contributed by atoms with Crippen LogP contribution in [0.15, 0.2) is 65.5 Å². The molecule has 4 rings (SSSR count). The zero-order valence-electron chi connectivity index (χ0n) is 20.5. The van der Waals surface area contributed by atoms with E-state index in [2.05, 4.69) is 58.6 Å². The van der Waals surface area contributed by atoms with E-state index in [1.165, 1.54) is 17.3 Å². The van der Waals surface area contributed by atoms with Crippen LogP contribution in [0, 0.1) is 0 Å². The third-order valence-corrected chi connectivity index (χ3v) is 7.37. The SMILES string of the molecule is CCCCn1c(SCC(=O)C=C2N(C)c3ccccc3C2(C)C)nnc1-c1ccc(OC)cc1. The minimum Gasteiger partial charge on any atom is -0.497 e. The molecule has 1 aliphatic heterocycles. The quantitative estimate of drug-likeness (QED) is 0.290. The number of likely N-dealkylation sites (N-methyl/N-ethyl adjacent to an activating group) is 1. The van der Waals surface area contributed by atoms with E-state index in [1.807, 2.05) is 37.4 Å². The molecule has 178 valence electrons. The van der Waals surface area contributed by atoms with Gasteiger partial charge in [-0.15, -0.1) is 10.2 Å². The molecule has 0 saturated heterocycles. The normalized spacial score (nSPS) is 15.6. The zero-order valence-corrected chi connectivity index (χ0v) is 21.4. The van der Waals surface area contributed by atoms with Gasteiger partial charge in [-0.25, -0.2) is 0 Å². The molecule has 0 saturated carbocycles. The number of carbonyl (C=O) groups excluding carboxylic acids is 1. The van der Waals surface area contributed by atoms with Crippen LogP contribution in [-0.2, 0) is 16.8 Å². The molecule has 0 N–H and O–H groups in total. The Morgan fingerprint density at radius 3 is 2.53 bits per heavy atom. The topological polar surface area (TPSA) is 60.2 Å². The number of hydrogen-bond acceptors (Lipinski definition) is 6. The maximum atomic E-state index is 13.0. The van der Waals surface area contributed by atoms with Gasteiger partial charge >= 0.3 is 0 Å². The number of thioether (sulfide) groups is 1. The second-order valence-electron chi connectivity index (χ2n) is 9.03. The van der Waals surface area contributed by atoms with Crippen molar-refractivity contribution in [3.05, 3.63) is 65.9 Å². The van der Waals surface area contributed by atoms with Crippen LogP contribution in [0.4, 0.5) is 5.69 Å². The Kier molecular flexibility index (Phi) is 7.12. The average molecular weight is 477 g/mol. The molecule has 1 aromatic heterocycles. The maximum absolute atomic E-state index is 13.0. The van der Waals surface area contributed by atoms with Crippen LogP contribution in [-0.4, -0.2) is 40.5 Å². The largest absolute Gasteiger partial charge is 0.497 e. The highest BCUT2D eigenvalue weighted by Crippen LogP contribution is 2.46. The van der Waals surface area contributed by atoms with E-state index in [0.717, 1.165) is 53.1 Å². The number of ketones is 1. The van der Waals surface area contributed by atoms with Crippen molar-refractivity contribution < 1.29 is 9.53 Å². The molecule has 0 atom stereocenters. The van der Waals surface area contributed by atoms with E-state index in [0.29, 0.717) is 5.75 Å². The van der Waals surface area contributed by atoms with Crippen molar-refractivity contribution in [2.45, 2.75) is 50.7 Å². The number of aromatic nitrogens is 3. The first-order valence-electron chi connectivity index (χ1n) is 11.7. The molecule has 0 aliphatic carbocycles. The fourth-order valence-corrected chi connectivity index (χ4v) is 5.24. The molecule has 7 heteroatoms. The second kappa shape index (κ2) is 10.1. The van der Waals surface area contributed by atoms with Gasteiger partial charge in [0.05, 0.1) is 12.9 Å². The minimum atomic E-state index is -0.214. The molecule has 1 aliphatic rings. The summed E-state index contributed by atoms with van der Waals surface area (Å²) >= 11 is 1.45. The van der Waals surface area contributed by atoms with Crippen molar-refractivity contribution >= 4 is 23.2 Å². The number of allylic oxidation sites excluding steroid dienone is 2. The van der Waals surface area contributed by atoms with Gasteiger partial charge in [-0.1, -0.05) is 57.2 Å². The monoisotopic (exact) mass is 476 g/mol. The average Bonchev–Trinajstić information content (AvgIpc) is 3.34. The summed E-state index contributed by atoms with van der Waals surface area (Å²) < 4.78 is 7.40. The lowest BCUT2D eigenvalue weighted by atomic mass is 9.83. The lowest BCUT2D eigenvalue weighted by Gasteiger charge is -2.23. The summed E-state index contributed by atoms with van der Waals surface area (Å²) in [6.45, 7) is 7.32. The number of carbonyl (C=O) groups is 1. The fourth-order valence-electron chi connectivity index (χ4n) is 4.46. The number of para-hydroxylation sites is 1. The summed E-state index contributed by atoms with van der Waals surface area (Å²) in [5.41, 5.74) is 4.19. The molecule has 34 heavy (non-hydrogen) atoms. The number of ether oxygens (including phenoxy) is 1. The first-order chi connectivity index (χ1) is 16.4. The summed E-state index contributed by atoms with van der Waals surface area (Å²) in [6, 6.07) is 16.2. The number of benzene rings is 2. The molecular formula is C27H32N4O2S. The Hall–Kier alpha value is -3.06. The molecule has 0 radical (unpaired) electrons. The summed E-state index contributed by atoms with van der Waals surface area (Å²) in [5, 5.41) is 9.66. The number of nitrogens with zero attached hydrogens (tertiary/aromatic N) is 4. The van der Waals surface area contributed by atoms with E-state index >= 15 is 0 Å². The van der Waals surface area contributed by atoms with Crippen LogP contribution in [0.3, 0.4) is 0 Å². The van der Waals surface area contributed by atoms with Crippen molar-refractivity contribution in [1.29, 1.82) is 0 Å². The van der Waals surface area contributed by atoms with Crippen molar-refractivity contribution in [1.82, 2.24) is 14.8 Å². The lowest BCUT2D eigenvalue weighted by molar-refractivity contribution is -0.112. The van der Waals surface area contributed by atoms with Crippen molar-refractivity contribution in [2.24, 2.45) is 0 Å². The van der Waals surface area contributed by atoms with Gasteiger partial charge in [0.2, 0.25) is 0 Å². The number of rotatable bonds is 9. The van der Waals surface area contributed by atoms with E-state index in [9.17, 15) is 4.79 Å². The number of unbranched alkanes of at least 4 members (excludes halogenated alkanes) is 1. The van der Waals surface area contributed by atoms with Crippen LogP contribution in [0.2, 0.25) is 0 Å². The van der Waals surface area contributed by atoms with Crippen molar-refractivity contribution in [3.63, 3.8) is 0 Å². The molecule has 0 amide bonds. The summed E-state index contributed by atoms with van der Waals surface area (Å²) in [7, 11) is 3.69. The smallest absolute Gasteiger partial charge is 0.191 e. The highest BCUT2D eigenvalue weighted by atomic mass is 32.2. The Bertz CT molecular complexity index is 1200. The molecular weight excluding hydrogens is 444 g/mol. The standard InChI is InChI=1S/C27H32N4O2S/c1-6-7-16-31-25(19-12-14-21(33-5)15-13-19)28-29-26(31)34-18-20(32)17-24-27(2,3)22-10-8-9-11-23(22)30(24)4/h8-15,17H,6-7,16,18H2,1-5H3. The van der Waals surface area contributed by atoms with Gasteiger partial charge in [0, 0.05) is 42.0 Å². The fraction of sp³-hybridized carbons (Fsp3) is 0.370. The van der Waals surface area contributed by atoms with Crippen LogP contribution < -0.4 is 9.64 Å². The van der Waals surface area contributed by atoms with Gasteiger partial charge in [0.15, 0.2) is 16.8 Å². The Labute approximate surface area is 206 Å². The zero-order chi connectivity index (χ0) is 24.3. The van der Waals surface area contributed by atoms with E-state index in [4.69, 9.17) is 4.74 Å². The van der Waals surface area contributed by atoms with Crippen LogP contribution in [0.5, 0.6) is 5.75 Å². The number of fused-ring (bicyclic) bond motifs is 1. The Balaban J connectivity index is 1.53. The van der Waals surface area contributed by atoms with Crippen molar-refractivity contribution in [3.8, 4) is 17.1 Å². The number of methoxy groups -OCH3 is 1. The van der Waals surface area contributed by atoms with Crippen LogP contribution in [0.1, 0.15) is 39.2 Å². The van der Waals surface area contributed by atoms with Crippen molar-refractivity contribution in [2.75, 3.05) is 24.8 Å². The molecule has 0 spiro atoms. The summed E-state index contributed by atoms with van der Waals surface area (Å²) in [4.78, 5) is 15.2. The summed E-state index contributed by atoms with van der Waals surface area (Å²) in [5.74, 6) is 2.01. The molecule has 6 nitrogen and oxygen atoms in total. The van der Waals surface area contributed by atoms with Crippen LogP contribution >= 0.6 is 11.8 Å². The number of anilines is 1. The molecule has 3 aromatic rings. The van der Waals surface area contributed by atoms with Gasteiger partial charge in [-0.05, 0) is 42.3 Å². The Morgan fingerprint density at radius 2 is 1.85 bits per heavy atom. The van der Waals surface area contributed by atoms with Gasteiger partial charge in [0.25, 0.3) is 0 Å². The summed E-state index contributed by atoms with van der Waals surface area (Å²) in [6.07, 6.45) is 3.88. The van der Waals surface area contributed by atoms with E-state index in [1.54, 1.807) is 13.2 Å². The molecule has 0 bridgehead atoms. The van der Waals surface area contributed by atoms with Gasteiger partial charge in [-0.2, -0.15) is 0 Å². The third-order valence-electron chi connectivity index (χ3n) is 6.38. The first-order valence-corrected chi connectivity index (χ1v) is 12.6. The lowest BCUT2D eigenvalue weighted by Crippen LogP contribution is -2.24. The highest BCUT2D eigenvalue weighted by molar-refractivity contribution is 7.99. The molecule has 0 fully saturated rings. The minimum absolute atomic E-state index is 0.0729. The van der Waals surface area contributed by atoms with E-state index in [-0.39, 0.29) is 11.2 Å². The van der Waals surface area contributed by atoms with Gasteiger partial charge < -0.3 is 14.2 Å². The molecule has 2 aromatic carbocycles. The first kappa shape index (κ1) is 24.1. The van der Waals surface area contributed by atoms with Crippen LogP contribution in [0.25, 0.3) is 11.4 Å². The predicted octanol–water partition coefficient (Wildman–Crippen LogP) is 5.73. The molecule has 2 heterocycles. The van der Waals surface area contributed by atoms with E-state index < -0.39 is 0 Å². The van der Waals surface area contributed by atoms with Gasteiger partial charge in [-0.3, -0.25) is 4.79 Å². The molecule has 0 unspecified atom stereocenters.